The van der Waals surface area contributed by atoms with Crippen LogP contribution in [0, 0.1) is 6.92 Å². The maximum Gasteiger partial charge on any atom is 0.236 e. The second-order valence-electron chi connectivity index (χ2n) is 3.38. The smallest absolute Gasteiger partial charge is 0.236 e. The summed E-state index contributed by atoms with van der Waals surface area (Å²) in [5.74, 6) is 0. The maximum atomic E-state index is 11.4. The van der Waals surface area contributed by atoms with Crippen LogP contribution >= 0.6 is 0 Å². The van der Waals surface area contributed by atoms with Gasteiger partial charge in [0.1, 0.15) is 0 Å². The Labute approximate surface area is 96.8 Å². The van der Waals surface area contributed by atoms with Crippen LogP contribution in [0.1, 0.15) is 19.4 Å². The van der Waals surface area contributed by atoms with Gasteiger partial charge in [-0.3, -0.25) is 0 Å². The van der Waals surface area contributed by atoms with E-state index >= 15 is 0 Å². The van der Waals surface area contributed by atoms with Crippen molar-refractivity contribution in [2.45, 2.75) is 20.8 Å². The van der Waals surface area contributed by atoms with E-state index < -0.39 is 10.0 Å². The van der Waals surface area contributed by atoms with E-state index in [1.165, 1.54) is 10.2 Å². The summed E-state index contributed by atoms with van der Waals surface area (Å²) >= 11 is 0. The first-order valence-electron chi connectivity index (χ1n) is 5.27. The summed E-state index contributed by atoms with van der Waals surface area (Å²) in [6.07, 6.45) is 2.79. The van der Waals surface area contributed by atoms with Gasteiger partial charge in [-0.05, 0) is 24.6 Å². The minimum atomic E-state index is -3.19. The van der Waals surface area contributed by atoms with Gasteiger partial charge in [-0.25, -0.2) is 12.4 Å². The molecule has 0 fully saturated rings. The molecule has 88 valence electrons. The van der Waals surface area contributed by atoms with Crippen molar-refractivity contribution >= 4 is 20.9 Å². The SMILES string of the molecule is CC.Cc1cccc2c1ccn2S(C)(=O)=O. The lowest BCUT2D eigenvalue weighted by atomic mass is 10.1. The highest BCUT2D eigenvalue weighted by molar-refractivity contribution is 7.89. The van der Waals surface area contributed by atoms with Crippen molar-refractivity contribution in [1.29, 1.82) is 0 Å². The van der Waals surface area contributed by atoms with Gasteiger partial charge in [-0.1, -0.05) is 26.0 Å². The summed E-state index contributed by atoms with van der Waals surface area (Å²) in [5, 5.41) is 0.984. The molecule has 4 heteroatoms. The van der Waals surface area contributed by atoms with E-state index in [1.54, 1.807) is 6.20 Å². The fraction of sp³-hybridized carbons (Fsp3) is 0.333. The molecule has 3 nitrogen and oxygen atoms in total. The zero-order valence-electron chi connectivity index (χ0n) is 10.1. The first-order chi connectivity index (χ1) is 7.50. The fourth-order valence-corrected chi connectivity index (χ4v) is 2.38. The van der Waals surface area contributed by atoms with E-state index in [1.807, 2.05) is 45.0 Å². The Hall–Kier alpha value is -1.29. The molecule has 2 aromatic rings. The molecule has 2 rings (SSSR count). The van der Waals surface area contributed by atoms with E-state index in [0.29, 0.717) is 0 Å². The van der Waals surface area contributed by atoms with Crippen molar-refractivity contribution in [3.05, 3.63) is 36.0 Å². The number of fused-ring (bicyclic) bond motifs is 1. The van der Waals surface area contributed by atoms with Crippen LogP contribution in [0.4, 0.5) is 0 Å². The molecule has 1 aromatic heterocycles. The molecule has 0 aliphatic heterocycles. The van der Waals surface area contributed by atoms with Gasteiger partial charge in [0.25, 0.3) is 0 Å². The summed E-state index contributed by atoms with van der Waals surface area (Å²) in [6, 6.07) is 7.46. The van der Waals surface area contributed by atoms with Crippen LogP contribution in [0.3, 0.4) is 0 Å². The van der Waals surface area contributed by atoms with Gasteiger partial charge >= 0.3 is 0 Å². The summed E-state index contributed by atoms with van der Waals surface area (Å²) < 4.78 is 24.1. The molecule has 0 saturated heterocycles. The van der Waals surface area contributed by atoms with Crippen LogP contribution in [0.5, 0.6) is 0 Å². The lowest BCUT2D eigenvalue weighted by molar-refractivity contribution is 0.595. The van der Waals surface area contributed by atoms with Crippen LogP contribution in [0.25, 0.3) is 10.9 Å². The maximum absolute atomic E-state index is 11.4. The van der Waals surface area contributed by atoms with Crippen molar-refractivity contribution in [3.8, 4) is 0 Å². The Kier molecular flexibility index (Phi) is 3.75. The summed E-state index contributed by atoms with van der Waals surface area (Å²) in [5.41, 5.74) is 1.83. The number of rotatable bonds is 1. The van der Waals surface area contributed by atoms with Crippen LogP contribution in [-0.4, -0.2) is 18.6 Å². The Morgan fingerprint density at radius 1 is 1.12 bits per heavy atom. The summed E-state index contributed by atoms with van der Waals surface area (Å²) in [4.78, 5) is 0. The lowest BCUT2D eigenvalue weighted by Gasteiger charge is -2.02. The van der Waals surface area contributed by atoms with Crippen LogP contribution < -0.4 is 0 Å². The number of aryl methyl sites for hydroxylation is 1. The second kappa shape index (κ2) is 4.70. The third-order valence-corrected chi connectivity index (χ3v) is 3.31. The standard InChI is InChI=1S/C10H11NO2S.C2H6/c1-8-4-3-5-10-9(8)6-7-11(10)14(2,12)13;1-2/h3-7H,1-2H3;1-2H3. The Morgan fingerprint density at radius 3 is 2.31 bits per heavy atom. The van der Waals surface area contributed by atoms with Crippen LogP contribution in [0.2, 0.25) is 0 Å². The number of nitrogens with zero attached hydrogens (tertiary/aromatic N) is 1. The van der Waals surface area contributed by atoms with Crippen molar-refractivity contribution in [3.63, 3.8) is 0 Å². The van der Waals surface area contributed by atoms with Gasteiger partial charge in [0.2, 0.25) is 10.0 Å². The molecule has 1 aromatic carbocycles. The van der Waals surface area contributed by atoms with Gasteiger partial charge < -0.3 is 0 Å². The zero-order valence-corrected chi connectivity index (χ0v) is 10.9. The first kappa shape index (κ1) is 12.8. The molecule has 1 heterocycles. The quantitative estimate of drug-likeness (QED) is 0.767. The molecule has 0 saturated carbocycles. The van der Waals surface area contributed by atoms with Gasteiger partial charge in [-0.2, -0.15) is 0 Å². The van der Waals surface area contributed by atoms with Crippen molar-refractivity contribution in [1.82, 2.24) is 3.97 Å². The molecule has 0 bridgehead atoms. The minimum absolute atomic E-state index is 0.743. The van der Waals surface area contributed by atoms with Crippen LogP contribution in [-0.2, 0) is 10.0 Å². The normalized spacial score (nSPS) is 11.0. The molecule has 0 aliphatic rings. The minimum Gasteiger partial charge on any atom is -0.245 e. The van der Waals surface area contributed by atoms with E-state index in [4.69, 9.17) is 0 Å². The highest BCUT2D eigenvalue weighted by atomic mass is 32.2. The number of aromatic nitrogens is 1. The van der Waals surface area contributed by atoms with E-state index in [2.05, 4.69) is 0 Å². The zero-order chi connectivity index (χ0) is 12.3. The van der Waals surface area contributed by atoms with E-state index in [9.17, 15) is 8.42 Å². The Bertz CT molecular complexity index is 582. The molecule has 0 N–H and O–H groups in total. The molecule has 0 unspecified atom stereocenters. The average molecular weight is 239 g/mol. The van der Waals surface area contributed by atoms with Crippen LogP contribution in [0.15, 0.2) is 30.5 Å². The molecule has 0 atom stereocenters. The predicted octanol–water partition coefficient (Wildman–Crippen LogP) is 2.78. The third-order valence-electron chi connectivity index (χ3n) is 2.27. The molecule has 0 amide bonds. The van der Waals surface area contributed by atoms with E-state index in [-0.39, 0.29) is 0 Å². The average Bonchev–Trinajstić information content (AvgIpc) is 2.65. The monoisotopic (exact) mass is 239 g/mol. The molecule has 0 spiro atoms. The summed E-state index contributed by atoms with van der Waals surface area (Å²) in [6.45, 7) is 5.97. The molecular formula is C12H17NO2S. The third kappa shape index (κ3) is 2.27. The topological polar surface area (TPSA) is 39.1 Å². The van der Waals surface area contributed by atoms with Gasteiger partial charge in [0.05, 0.1) is 11.8 Å². The fourth-order valence-electron chi connectivity index (χ4n) is 1.59. The highest BCUT2D eigenvalue weighted by Crippen LogP contribution is 2.20. The number of hydrogen-bond acceptors (Lipinski definition) is 2. The Balaban J connectivity index is 0.000000606. The number of benzene rings is 1. The Morgan fingerprint density at radius 2 is 1.75 bits per heavy atom. The second-order valence-corrected chi connectivity index (χ2v) is 5.24. The van der Waals surface area contributed by atoms with Crippen molar-refractivity contribution in [2.24, 2.45) is 0 Å². The molecule has 0 radical (unpaired) electrons. The van der Waals surface area contributed by atoms with E-state index in [0.717, 1.165) is 16.5 Å². The van der Waals surface area contributed by atoms with Gasteiger partial charge in [0, 0.05) is 11.6 Å². The molecule has 16 heavy (non-hydrogen) atoms. The van der Waals surface area contributed by atoms with Gasteiger partial charge in [0.15, 0.2) is 0 Å². The molecule has 0 aliphatic carbocycles. The first-order valence-corrected chi connectivity index (χ1v) is 7.12. The largest absolute Gasteiger partial charge is 0.245 e. The highest BCUT2D eigenvalue weighted by Gasteiger charge is 2.09. The van der Waals surface area contributed by atoms with Gasteiger partial charge in [-0.15, -0.1) is 0 Å². The molecular weight excluding hydrogens is 222 g/mol. The summed E-state index contributed by atoms with van der Waals surface area (Å²) in [7, 11) is -3.19. The van der Waals surface area contributed by atoms with Crippen molar-refractivity contribution < 1.29 is 8.42 Å². The number of hydrogen-bond donors (Lipinski definition) is 0. The predicted molar refractivity (Wildman–Crippen MR) is 68.3 cm³/mol. The van der Waals surface area contributed by atoms with Crippen molar-refractivity contribution in [2.75, 3.05) is 6.26 Å². The lowest BCUT2D eigenvalue weighted by Crippen LogP contribution is -2.07.